The van der Waals surface area contributed by atoms with Gasteiger partial charge in [-0.1, -0.05) is 24.6 Å². The van der Waals surface area contributed by atoms with E-state index in [2.05, 4.69) is 22.5 Å². The summed E-state index contributed by atoms with van der Waals surface area (Å²) < 4.78 is 11.6. The van der Waals surface area contributed by atoms with Gasteiger partial charge >= 0.3 is 0 Å². The molecule has 0 atom stereocenters. The number of furan rings is 1. The van der Waals surface area contributed by atoms with Gasteiger partial charge < -0.3 is 19.3 Å². The van der Waals surface area contributed by atoms with Crippen LogP contribution < -0.4 is 10.6 Å². The number of thiocarbonyl (C=S) groups is 1. The number of carbonyl (C=O) groups is 1. The van der Waals surface area contributed by atoms with Gasteiger partial charge in [-0.2, -0.15) is 0 Å². The third kappa shape index (κ3) is 5.77. The average Bonchev–Trinajstić information content (AvgIpc) is 3.54. The van der Waals surface area contributed by atoms with Gasteiger partial charge in [0.25, 0.3) is 0 Å². The number of aromatic nitrogens is 1. The highest BCUT2D eigenvalue weighted by Gasteiger charge is 2.14. The summed E-state index contributed by atoms with van der Waals surface area (Å²) in [7, 11) is 0. The van der Waals surface area contributed by atoms with E-state index < -0.39 is 5.91 Å². The molecule has 1 amide bonds. The highest BCUT2D eigenvalue weighted by molar-refractivity contribution is 7.80. The summed E-state index contributed by atoms with van der Waals surface area (Å²) in [5.41, 5.74) is 4.33. The minimum Gasteiger partial charge on any atom is -0.507 e. The summed E-state index contributed by atoms with van der Waals surface area (Å²) in [6, 6.07) is 21.5. The number of nitrogens with one attached hydrogen (secondary N) is 2. The molecule has 0 aliphatic heterocycles. The summed E-state index contributed by atoms with van der Waals surface area (Å²) >= 11 is 11.2. The zero-order valence-corrected chi connectivity index (χ0v) is 21.8. The van der Waals surface area contributed by atoms with Crippen molar-refractivity contribution in [2.45, 2.75) is 13.3 Å². The second-order valence-corrected chi connectivity index (χ2v) is 9.24. The van der Waals surface area contributed by atoms with Crippen molar-refractivity contribution in [1.82, 2.24) is 10.3 Å². The Labute approximate surface area is 228 Å². The minimum atomic E-state index is -0.439. The summed E-state index contributed by atoms with van der Waals surface area (Å²) in [4.78, 5) is 16.8. The molecule has 38 heavy (non-hydrogen) atoms. The predicted octanol–water partition coefficient (Wildman–Crippen LogP) is 7.20. The van der Waals surface area contributed by atoms with E-state index in [9.17, 15) is 9.90 Å². The monoisotopic (exact) mass is 543 g/mol. The Morgan fingerprint density at radius 1 is 1.05 bits per heavy atom. The molecule has 2 aromatic heterocycles. The Bertz CT molecular complexity index is 1670. The van der Waals surface area contributed by atoms with E-state index in [0.717, 1.165) is 23.1 Å². The maximum absolute atomic E-state index is 12.3. The number of aromatic hydroxyl groups is 1. The molecule has 0 radical (unpaired) electrons. The van der Waals surface area contributed by atoms with Crippen molar-refractivity contribution < 1.29 is 18.7 Å². The quantitative estimate of drug-likeness (QED) is 0.154. The van der Waals surface area contributed by atoms with E-state index in [1.807, 2.05) is 36.4 Å². The number of anilines is 1. The second kappa shape index (κ2) is 10.9. The minimum absolute atomic E-state index is 0.0411. The number of rotatable bonds is 6. The molecule has 2 heterocycles. The Balaban J connectivity index is 1.19. The summed E-state index contributed by atoms with van der Waals surface area (Å²) in [5.74, 6) is 1.00. The number of hydrogen-bond donors (Lipinski definition) is 3. The molecule has 9 heteroatoms. The lowest BCUT2D eigenvalue weighted by Crippen LogP contribution is -2.32. The largest absolute Gasteiger partial charge is 0.507 e. The fourth-order valence-corrected chi connectivity index (χ4v) is 4.13. The maximum Gasteiger partial charge on any atom is 0.250 e. The van der Waals surface area contributed by atoms with Gasteiger partial charge in [0.05, 0.1) is 5.56 Å². The highest BCUT2D eigenvalue weighted by Crippen LogP contribution is 2.33. The van der Waals surface area contributed by atoms with E-state index in [4.69, 9.17) is 32.7 Å². The number of amides is 1. The fraction of sp³-hybridized carbons (Fsp3) is 0.0690. The van der Waals surface area contributed by atoms with Gasteiger partial charge in [-0.15, -0.1) is 0 Å². The standard InChI is InChI=1S/C29H22ClN3O4S/c1-2-17-3-12-26-23(15-17)32-28(37-26)22-11-8-20(16-24(22)34)31-29(38)33-27(35)14-10-21-9-13-25(36-21)18-4-6-19(30)7-5-18/h3-16,34H,2H2,1H3,(H2,31,33,35,38). The van der Waals surface area contributed by atoms with Crippen molar-refractivity contribution >= 4 is 57.7 Å². The van der Waals surface area contributed by atoms with Crippen molar-refractivity contribution in [1.29, 1.82) is 0 Å². The molecule has 0 fully saturated rings. The molecule has 3 aromatic carbocycles. The van der Waals surface area contributed by atoms with Crippen LogP contribution in [0.25, 0.3) is 40.0 Å². The molecular weight excluding hydrogens is 522 g/mol. The number of nitrogens with zero attached hydrogens (tertiary/aromatic N) is 1. The van der Waals surface area contributed by atoms with Crippen LogP contribution in [-0.4, -0.2) is 21.1 Å². The number of phenolic OH excluding ortho intramolecular Hbond substituents is 1. The lowest BCUT2D eigenvalue weighted by Gasteiger charge is -2.09. The molecule has 190 valence electrons. The summed E-state index contributed by atoms with van der Waals surface area (Å²) in [6.07, 6.45) is 3.75. The average molecular weight is 544 g/mol. The van der Waals surface area contributed by atoms with Gasteiger partial charge in [0, 0.05) is 28.4 Å². The van der Waals surface area contributed by atoms with Crippen LogP contribution in [-0.2, 0) is 11.2 Å². The predicted molar refractivity (Wildman–Crippen MR) is 153 cm³/mol. The van der Waals surface area contributed by atoms with Gasteiger partial charge in [-0.25, -0.2) is 4.98 Å². The number of hydrogen-bond acceptors (Lipinski definition) is 6. The normalized spacial score (nSPS) is 11.2. The summed E-state index contributed by atoms with van der Waals surface area (Å²) in [5, 5.41) is 16.7. The number of oxazole rings is 1. The van der Waals surface area contributed by atoms with Crippen LogP contribution in [0, 0.1) is 0 Å². The third-order valence-electron chi connectivity index (χ3n) is 5.74. The molecule has 5 aromatic rings. The van der Waals surface area contributed by atoms with E-state index in [-0.39, 0.29) is 10.9 Å². The van der Waals surface area contributed by atoms with Crippen molar-refractivity contribution in [2.24, 2.45) is 0 Å². The lowest BCUT2D eigenvalue weighted by atomic mass is 10.1. The smallest absolute Gasteiger partial charge is 0.250 e. The zero-order chi connectivity index (χ0) is 26.6. The van der Waals surface area contributed by atoms with Crippen LogP contribution in [0.3, 0.4) is 0 Å². The van der Waals surface area contributed by atoms with E-state index in [1.165, 1.54) is 12.1 Å². The van der Waals surface area contributed by atoms with Gasteiger partial charge in [0.2, 0.25) is 11.8 Å². The van der Waals surface area contributed by atoms with Gasteiger partial charge in [0.1, 0.15) is 22.8 Å². The second-order valence-electron chi connectivity index (χ2n) is 8.39. The highest BCUT2D eigenvalue weighted by atomic mass is 35.5. The molecule has 0 spiro atoms. The Kier molecular flexibility index (Phi) is 7.26. The van der Waals surface area contributed by atoms with Crippen LogP contribution in [0.1, 0.15) is 18.2 Å². The first-order valence-electron chi connectivity index (χ1n) is 11.8. The third-order valence-corrected chi connectivity index (χ3v) is 6.19. The molecule has 0 bridgehead atoms. The Hall–Kier alpha value is -4.40. The molecule has 0 saturated heterocycles. The first-order chi connectivity index (χ1) is 18.4. The van der Waals surface area contributed by atoms with E-state index in [1.54, 1.807) is 36.4 Å². The topological polar surface area (TPSA) is 101 Å². The molecule has 0 saturated carbocycles. The van der Waals surface area contributed by atoms with Gasteiger partial charge in [-0.3, -0.25) is 10.1 Å². The maximum atomic E-state index is 12.3. The van der Waals surface area contributed by atoms with Crippen molar-refractivity contribution in [3.05, 3.63) is 95.2 Å². The first-order valence-corrected chi connectivity index (χ1v) is 12.6. The fourth-order valence-electron chi connectivity index (χ4n) is 3.78. The molecule has 3 N–H and O–H groups in total. The van der Waals surface area contributed by atoms with Crippen molar-refractivity contribution in [3.8, 4) is 28.5 Å². The van der Waals surface area contributed by atoms with Crippen LogP contribution >= 0.6 is 23.8 Å². The number of phenols is 1. The molecule has 5 rings (SSSR count). The number of benzene rings is 3. The lowest BCUT2D eigenvalue weighted by molar-refractivity contribution is -0.115. The Morgan fingerprint density at radius 3 is 2.63 bits per heavy atom. The van der Waals surface area contributed by atoms with Crippen LogP contribution in [0.5, 0.6) is 5.75 Å². The van der Waals surface area contributed by atoms with Gasteiger partial charge in [0.15, 0.2) is 10.7 Å². The molecular formula is C29H22ClN3O4S. The van der Waals surface area contributed by atoms with Crippen LogP contribution in [0.4, 0.5) is 5.69 Å². The number of halogens is 1. The van der Waals surface area contributed by atoms with E-state index in [0.29, 0.717) is 39.3 Å². The van der Waals surface area contributed by atoms with Gasteiger partial charge in [-0.05, 0) is 90.9 Å². The zero-order valence-electron chi connectivity index (χ0n) is 20.2. The molecule has 0 aliphatic rings. The molecule has 7 nitrogen and oxygen atoms in total. The van der Waals surface area contributed by atoms with Crippen molar-refractivity contribution in [2.75, 3.05) is 5.32 Å². The summed E-state index contributed by atoms with van der Waals surface area (Å²) in [6.45, 7) is 2.07. The number of carbonyl (C=O) groups excluding carboxylic acids is 1. The number of aryl methyl sites for hydroxylation is 1. The Morgan fingerprint density at radius 2 is 1.87 bits per heavy atom. The van der Waals surface area contributed by atoms with Crippen LogP contribution in [0.15, 0.2) is 87.7 Å². The SMILES string of the molecule is CCc1ccc2oc(-c3ccc(NC(=S)NC(=O)C=Cc4ccc(-c5ccc(Cl)cc5)o4)cc3O)nc2c1. The van der Waals surface area contributed by atoms with E-state index >= 15 is 0 Å². The molecule has 0 aliphatic carbocycles. The van der Waals surface area contributed by atoms with Crippen molar-refractivity contribution in [3.63, 3.8) is 0 Å². The first kappa shape index (κ1) is 25.3. The van der Waals surface area contributed by atoms with Crippen LogP contribution in [0.2, 0.25) is 5.02 Å². The molecule has 0 unspecified atom stereocenters. The number of fused-ring (bicyclic) bond motifs is 1.